The summed E-state index contributed by atoms with van der Waals surface area (Å²) in [6, 6.07) is 16.1. The van der Waals surface area contributed by atoms with E-state index in [1.807, 2.05) is 67.6 Å². The van der Waals surface area contributed by atoms with Crippen LogP contribution >= 0.6 is 0 Å². The topological polar surface area (TPSA) is 91.0 Å². The van der Waals surface area contributed by atoms with Crippen LogP contribution in [0.2, 0.25) is 0 Å². The van der Waals surface area contributed by atoms with Crippen LogP contribution in [0.5, 0.6) is 5.75 Å². The first-order chi connectivity index (χ1) is 15.4. The Balaban J connectivity index is 1.61. The Kier molecular flexibility index (Phi) is 5.61. The lowest BCUT2D eigenvalue weighted by Gasteiger charge is -2.27. The molecule has 0 saturated carbocycles. The highest BCUT2D eigenvalue weighted by molar-refractivity contribution is 6.08. The lowest BCUT2D eigenvalue weighted by molar-refractivity contribution is -0.140. The summed E-state index contributed by atoms with van der Waals surface area (Å²) < 4.78 is 5.24. The standard InChI is InChI=1S/C24H26N4O4/c1-4-24(2)22(30)27(23(31)25-24)15-21(29)28-20(17-10-12-18(32-3)13-11-17)14-19(26-28)16-8-6-5-7-9-16/h5-14,20,26H,4,15H2,1-3H3,(H,25,31)/t20-,24+/m1/s1. The maximum absolute atomic E-state index is 13.3. The first-order valence-corrected chi connectivity index (χ1v) is 10.5. The summed E-state index contributed by atoms with van der Waals surface area (Å²) in [7, 11) is 1.59. The van der Waals surface area contributed by atoms with Crippen LogP contribution < -0.4 is 15.5 Å². The quantitative estimate of drug-likeness (QED) is 0.683. The van der Waals surface area contributed by atoms with Crippen molar-refractivity contribution in [2.75, 3.05) is 13.7 Å². The van der Waals surface area contributed by atoms with Gasteiger partial charge in [0.25, 0.3) is 11.8 Å². The van der Waals surface area contributed by atoms with Gasteiger partial charge in [0.15, 0.2) is 0 Å². The molecule has 166 valence electrons. The summed E-state index contributed by atoms with van der Waals surface area (Å²) in [5, 5.41) is 4.15. The number of nitrogens with zero attached hydrogens (tertiary/aromatic N) is 2. The summed E-state index contributed by atoms with van der Waals surface area (Å²) in [6.07, 6.45) is 2.40. The maximum Gasteiger partial charge on any atom is 0.325 e. The number of hydrazine groups is 1. The predicted octanol–water partition coefficient (Wildman–Crippen LogP) is 2.84. The highest BCUT2D eigenvalue weighted by Gasteiger charge is 2.47. The van der Waals surface area contributed by atoms with Crippen LogP contribution in [-0.2, 0) is 9.59 Å². The van der Waals surface area contributed by atoms with Crippen molar-refractivity contribution in [1.82, 2.24) is 20.7 Å². The summed E-state index contributed by atoms with van der Waals surface area (Å²) >= 11 is 0. The van der Waals surface area contributed by atoms with Crippen LogP contribution in [-0.4, -0.2) is 46.9 Å². The molecule has 2 aromatic rings. The first-order valence-electron chi connectivity index (χ1n) is 10.5. The van der Waals surface area contributed by atoms with Gasteiger partial charge in [-0.2, -0.15) is 0 Å². The molecule has 2 aliphatic heterocycles. The number of carbonyl (C=O) groups is 3. The molecule has 0 aliphatic carbocycles. The van der Waals surface area contributed by atoms with Gasteiger partial charge in [0.05, 0.1) is 18.8 Å². The smallest absolute Gasteiger partial charge is 0.325 e. The van der Waals surface area contributed by atoms with E-state index in [1.54, 1.807) is 14.0 Å². The minimum Gasteiger partial charge on any atom is -0.497 e. The number of nitrogens with one attached hydrogen (secondary N) is 2. The van der Waals surface area contributed by atoms with E-state index in [0.717, 1.165) is 21.7 Å². The van der Waals surface area contributed by atoms with Crippen molar-refractivity contribution in [3.63, 3.8) is 0 Å². The van der Waals surface area contributed by atoms with Crippen molar-refractivity contribution >= 4 is 23.5 Å². The summed E-state index contributed by atoms with van der Waals surface area (Å²) in [5.41, 5.74) is 4.75. The van der Waals surface area contributed by atoms with Gasteiger partial charge in [0.1, 0.15) is 17.8 Å². The molecular weight excluding hydrogens is 408 g/mol. The van der Waals surface area contributed by atoms with E-state index in [0.29, 0.717) is 12.2 Å². The highest BCUT2D eigenvalue weighted by atomic mass is 16.5. The van der Waals surface area contributed by atoms with E-state index in [1.165, 1.54) is 5.01 Å². The Bertz CT molecular complexity index is 1070. The number of methoxy groups -OCH3 is 1. The third-order valence-electron chi connectivity index (χ3n) is 6.00. The van der Waals surface area contributed by atoms with Crippen molar-refractivity contribution in [3.8, 4) is 5.75 Å². The van der Waals surface area contributed by atoms with E-state index >= 15 is 0 Å². The average molecular weight is 434 g/mol. The van der Waals surface area contributed by atoms with Crippen molar-refractivity contribution in [3.05, 3.63) is 71.8 Å². The molecule has 0 aromatic heterocycles. The Morgan fingerprint density at radius 2 is 1.78 bits per heavy atom. The zero-order valence-corrected chi connectivity index (χ0v) is 18.3. The fraction of sp³-hybridized carbons (Fsp3) is 0.292. The molecule has 0 bridgehead atoms. The van der Waals surface area contributed by atoms with Gasteiger partial charge in [-0.3, -0.25) is 19.9 Å². The largest absolute Gasteiger partial charge is 0.497 e. The minimum absolute atomic E-state index is 0.351. The van der Waals surface area contributed by atoms with Gasteiger partial charge in [0, 0.05) is 0 Å². The number of ether oxygens (including phenoxy) is 1. The number of hydrogen-bond acceptors (Lipinski definition) is 5. The summed E-state index contributed by atoms with van der Waals surface area (Å²) in [5.74, 6) is -0.0744. The first kappa shape index (κ1) is 21.4. The number of hydrogen-bond donors (Lipinski definition) is 2. The zero-order valence-electron chi connectivity index (χ0n) is 18.3. The Morgan fingerprint density at radius 1 is 1.09 bits per heavy atom. The van der Waals surface area contributed by atoms with Gasteiger partial charge in [-0.05, 0) is 42.7 Å². The lowest BCUT2D eigenvalue weighted by Crippen LogP contribution is -2.48. The van der Waals surface area contributed by atoms with E-state index in [-0.39, 0.29) is 6.54 Å². The summed E-state index contributed by atoms with van der Waals surface area (Å²) in [4.78, 5) is 39.4. The number of benzene rings is 2. The van der Waals surface area contributed by atoms with Crippen molar-refractivity contribution in [2.24, 2.45) is 0 Å². The second kappa shape index (κ2) is 8.37. The molecule has 2 aliphatic rings. The second-order valence-electron chi connectivity index (χ2n) is 8.05. The molecule has 2 aromatic carbocycles. The Hall–Kier alpha value is -3.81. The van der Waals surface area contributed by atoms with Gasteiger partial charge < -0.3 is 10.1 Å². The Morgan fingerprint density at radius 3 is 2.38 bits per heavy atom. The molecular formula is C24H26N4O4. The molecule has 2 atom stereocenters. The van der Waals surface area contributed by atoms with Gasteiger partial charge in [-0.15, -0.1) is 0 Å². The van der Waals surface area contributed by atoms with Crippen LogP contribution in [0, 0.1) is 0 Å². The fourth-order valence-electron chi connectivity index (χ4n) is 3.85. The van der Waals surface area contributed by atoms with Gasteiger partial charge in [0.2, 0.25) is 0 Å². The van der Waals surface area contributed by atoms with E-state index < -0.39 is 29.4 Å². The van der Waals surface area contributed by atoms with Crippen LogP contribution in [0.15, 0.2) is 60.7 Å². The van der Waals surface area contributed by atoms with Gasteiger partial charge >= 0.3 is 6.03 Å². The monoisotopic (exact) mass is 434 g/mol. The number of imide groups is 1. The molecule has 0 unspecified atom stereocenters. The highest BCUT2D eigenvalue weighted by Crippen LogP contribution is 2.32. The molecule has 2 N–H and O–H groups in total. The van der Waals surface area contributed by atoms with Crippen LogP contribution in [0.4, 0.5) is 4.79 Å². The third kappa shape index (κ3) is 3.79. The molecule has 4 rings (SSSR count). The maximum atomic E-state index is 13.3. The van der Waals surface area contributed by atoms with Crippen LogP contribution in [0.3, 0.4) is 0 Å². The molecule has 8 nitrogen and oxygen atoms in total. The minimum atomic E-state index is -0.987. The van der Waals surface area contributed by atoms with Crippen LogP contribution in [0.1, 0.15) is 37.4 Å². The Labute approximate surface area is 186 Å². The SMILES string of the molecule is CC[C@]1(C)NC(=O)N(CC(=O)N2NC(c3ccccc3)=C[C@@H]2c2ccc(OC)cc2)C1=O. The average Bonchev–Trinajstić information content (AvgIpc) is 3.36. The second-order valence-corrected chi connectivity index (χ2v) is 8.05. The van der Waals surface area contributed by atoms with Crippen molar-refractivity contribution in [2.45, 2.75) is 31.8 Å². The zero-order chi connectivity index (χ0) is 22.9. The normalized spacial score (nSPS) is 22.5. The summed E-state index contributed by atoms with van der Waals surface area (Å²) in [6.45, 7) is 3.14. The molecule has 1 fully saturated rings. The van der Waals surface area contributed by atoms with E-state index in [9.17, 15) is 14.4 Å². The van der Waals surface area contributed by atoms with E-state index in [2.05, 4.69) is 10.7 Å². The number of amides is 4. The molecule has 1 saturated heterocycles. The third-order valence-corrected chi connectivity index (χ3v) is 6.00. The molecule has 0 radical (unpaired) electrons. The molecule has 2 heterocycles. The van der Waals surface area contributed by atoms with Gasteiger partial charge in [-0.1, -0.05) is 49.4 Å². The number of carbonyl (C=O) groups excluding carboxylic acids is 3. The van der Waals surface area contributed by atoms with Crippen molar-refractivity contribution < 1.29 is 19.1 Å². The fourth-order valence-corrected chi connectivity index (χ4v) is 3.85. The predicted molar refractivity (Wildman–Crippen MR) is 119 cm³/mol. The molecule has 8 heteroatoms. The molecule has 0 spiro atoms. The van der Waals surface area contributed by atoms with Gasteiger partial charge in [-0.25, -0.2) is 9.80 Å². The molecule has 32 heavy (non-hydrogen) atoms. The van der Waals surface area contributed by atoms with Crippen LogP contribution in [0.25, 0.3) is 5.70 Å². The van der Waals surface area contributed by atoms with E-state index in [4.69, 9.17) is 4.74 Å². The number of rotatable bonds is 6. The number of urea groups is 1. The molecule has 4 amide bonds. The lowest BCUT2D eigenvalue weighted by atomic mass is 9.99. The van der Waals surface area contributed by atoms with Crippen molar-refractivity contribution in [1.29, 1.82) is 0 Å².